The number of aromatic nitrogens is 1. The van der Waals surface area contributed by atoms with E-state index in [2.05, 4.69) is 4.98 Å². The zero-order valence-corrected chi connectivity index (χ0v) is 10.3. The first kappa shape index (κ1) is 14.2. The van der Waals surface area contributed by atoms with E-state index in [1.165, 1.54) is 31.3 Å². The molecule has 2 nitrogen and oxygen atoms in total. The maximum absolute atomic E-state index is 13.5. The lowest BCUT2D eigenvalue weighted by molar-refractivity contribution is 0.407. The molecule has 1 aromatic carbocycles. The Bertz CT molecular complexity index is 601. The van der Waals surface area contributed by atoms with Crippen LogP contribution in [0.1, 0.15) is 5.56 Å². The molecule has 0 fully saturated rings. The molecule has 0 unspecified atom stereocenters. The third-order valence-corrected chi connectivity index (χ3v) is 2.69. The highest BCUT2D eigenvalue weighted by atomic mass is 19.2. The summed E-state index contributed by atoms with van der Waals surface area (Å²) >= 11 is 0. The minimum atomic E-state index is -1.72. The Kier molecular flexibility index (Phi) is 3.87. The number of anilines is 1. The van der Waals surface area contributed by atoms with Crippen molar-refractivity contribution in [2.24, 2.45) is 0 Å². The van der Waals surface area contributed by atoms with Gasteiger partial charge in [0.15, 0.2) is 0 Å². The van der Waals surface area contributed by atoms with Gasteiger partial charge < -0.3 is 4.90 Å². The molecule has 0 aliphatic carbocycles. The fourth-order valence-electron chi connectivity index (χ4n) is 1.75. The number of hydrogen-bond acceptors (Lipinski definition) is 2. The second-order valence-electron chi connectivity index (χ2n) is 4.15. The first-order valence-corrected chi connectivity index (χ1v) is 5.55. The number of benzene rings is 1. The van der Waals surface area contributed by atoms with E-state index >= 15 is 0 Å². The quantitative estimate of drug-likeness (QED) is 0.635. The molecular formula is C13H9F5N2. The van der Waals surface area contributed by atoms with Crippen LogP contribution in [0.25, 0.3) is 0 Å². The SMILES string of the molecule is CN(Cc1ccc(F)cc1)c1c(F)c(F)nc(F)c1F. The molecule has 2 rings (SSSR count). The molecule has 0 atom stereocenters. The maximum Gasteiger partial charge on any atom is 0.253 e. The van der Waals surface area contributed by atoms with Gasteiger partial charge in [-0.3, -0.25) is 0 Å². The number of hydrogen-bond donors (Lipinski definition) is 0. The van der Waals surface area contributed by atoms with Crippen molar-refractivity contribution >= 4 is 5.69 Å². The predicted molar refractivity (Wildman–Crippen MR) is 62.6 cm³/mol. The van der Waals surface area contributed by atoms with Gasteiger partial charge in [-0.15, -0.1) is 0 Å². The number of rotatable bonds is 3. The molecule has 2 aromatic rings. The second kappa shape index (κ2) is 5.44. The molecule has 0 spiro atoms. The molecule has 0 bridgehead atoms. The normalized spacial score (nSPS) is 10.7. The maximum atomic E-state index is 13.5. The Labute approximate surface area is 111 Å². The molecule has 0 aliphatic rings. The average molecular weight is 288 g/mol. The molecule has 1 aromatic heterocycles. The Morgan fingerprint density at radius 1 is 0.900 bits per heavy atom. The lowest BCUT2D eigenvalue weighted by Crippen LogP contribution is -2.21. The van der Waals surface area contributed by atoms with Crippen LogP contribution in [0, 0.1) is 29.3 Å². The molecule has 0 aliphatic heterocycles. The van der Waals surface area contributed by atoms with Gasteiger partial charge in [0, 0.05) is 13.6 Å². The van der Waals surface area contributed by atoms with E-state index in [0.29, 0.717) is 5.56 Å². The van der Waals surface area contributed by atoms with Gasteiger partial charge in [0.05, 0.1) is 0 Å². The summed E-state index contributed by atoms with van der Waals surface area (Å²) in [6.07, 6.45) is 0. The van der Waals surface area contributed by atoms with E-state index in [0.717, 1.165) is 4.90 Å². The van der Waals surface area contributed by atoms with E-state index in [4.69, 9.17) is 0 Å². The topological polar surface area (TPSA) is 16.1 Å². The Balaban J connectivity index is 2.34. The van der Waals surface area contributed by atoms with Crippen LogP contribution in [-0.4, -0.2) is 12.0 Å². The van der Waals surface area contributed by atoms with E-state index in [1.807, 2.05) is 0 Å². The van der Waals surface area contributed by atoms with Crippen molar-refractivity contribution in [1.82, 2.24) is 4.98 Å². The molecule has 106 valence electrons. The lowest BCUT2D eigenvalue weighted by Gasteiger charge is -2.20. The summed E-state index contributed by atoms with van der Waals surface area (Å²) in [7, 11) is 1.25. The Hall–Kier alpha value is -2.18. The Morgan fingerprint density at radius 2 is 1.40 bits per heavy atom. The highest BCUT2D eigenvalue weighted by Crippen LogP contribution is 2.26. The van der Waals surface area contributed by atoms with Crippen molar-refractivity contribution < 1.29 is 22.0 Å². The summed E-state index contributed by atoms with van der Waals surface area (Å²) in [6, 6.07) is 5.14. The minimum absolute atomic E-state index is 0.0585. The molecular weight excluding hydrogens is 279 g/mol. The van der Waals surface area contributed by atoms with Crippen LogP contribution in [-0.2, 0) is 6.54 Å². The van der Waals surface area contributed by atoms with Crippen molar-refractivity contribution in [3.63, 3.8) is 0 Å². The molecule has 0 saturated carbocycles. The molecule has 0 radical (unpaired) electrons. The fourth-order valence-corrected chi connectivity index (χ4v) is 1.75. The summed E-state index contributed by atoms with van der Waals surface area (Å²) in [5, 5.41) is 0. The van der Waals surface area contributed by atoms with Gasteiger partial charge in [0.2, 0.25) is 11.6 Å². The van der Waals surface area contributed by atoms with Crippen molar-refractivity contribution in [2.45, 2.75) is 6.54 Å². The van der Waals surface area contributed by atoms with Crippen LogP contribution < -0.4 is 4.90 Å². The third kappa shape index (κ3) is 2.71. The summed E-state index contributed by atoms with van der Waals surface area (Å²) in [5.41, 5.74) is -0.343. The van der Waals surface area contributed by atoms with Crippen LogP contribution in [0.5, 0.6) is 0 Å². The molecule has 20 heavy (non-hydrogen) atoms. The number of halogens is 5. The van der Waals surface area contributed by atoms with Gasteiger partial charge in [0.1, 0.15) is 11.5 Å². The van der Waals surface area contributed by atoms with Gasteiger partial charge >= 0.3 is 0 Å². The Morgan fingerprint density at radius 3 is 1.90 bits per heavy atom. The first-order valence-electron chi connectivity index (χ1n) is 5.55. The molecule has 0 N–H and O–H groups in total. The van der Waals surface area contributed by atoms with Crippen molar-refractivity contribution in [3.05, 3.63) is 59.2 Å². The van der Waals surface area contributed by atoms with Gasteiger partial charge in [-0.25, -0.2) is 4.39 Å². The average Bonchev–Trinajstić information content (AvgIpc) is 2.39. The lowest BCUT2D eigenvalue weighted by atomic mass is 10.2. The zero-order valence-electron chi connectivity index (χ0n) is 10.3. The molecule has 7 heteroatoms. The van der Waals surface area contributed by atoms with E-state index in [1.54, 1.807) is 0 Å². The van der Waals surface area contributed by atoms with Gasteiger partial charge in [-0.05, 0) is 17.7 Å². The third-order valence-electron chi connectivity index (χ3n) is 2.69. The van der Waals surface area contributed by atoms with Crippen molar-refractivity contribution in [2.75, 3.05) is 11.9 Å². The molecule has 0 amide bonds. The number of pyridine rings is 1. The summed E-state index contributed by atoms with van der Waals surface area (Å²) in [5.74, 6) is -7.05. The highest BCUT2D eigenvalue weighted by molar-refractivity contribution is 5.48. The minimum Gasteiger partial charge on any atom is -0.365 e. The fraction of sp³-hybridized carbons (Fsp3) is 0.154. The van der Waals surface area contributed by atoms with Gasteiger partial charge in [-0.2, -0.15) is 22.5 Å². The molecule has 0 saturated heterocycles. The molecule has 1 heterocycles. The smallest absolute Gasteiger partial charge is 0.253 e. The van der Waals surface area contributed by atoms with E-state index in [9.17, 15) is 22.0 Å². The zero-order chi connectivity index (χ0) is 14.9. The van der Waals surface area contributed by atoms with Crippen LogP contribution in [0.2, 0.25) is 0 Å². The second-order valence-corrected chi connectivity index (χ2v) is 4.15. The summed E-state index contributed by atoms with van der Waals surface area (Å²) < 4.78 is 65.8. The van der Waals surface area contributed by atoms with Crippen LogP contribution in [0.15, 0.2) is 24.3 Å². The van der Waals surface area contributed by atoms with E-state index < -0.39 is 35.0 Å². The summed E-state index contributed by atoms with van der Waals surface area (Å²) in [6.45, 7) is -0.0585. The standard InChI is InChI=1S/C13H9F5N2/c1-20(6-7-2-4-8(14)5-3-7)11-9(15)12(17)19-13(18)10(11)16/h2-5H,6H2,1H3. The van der Waals surface area contributed by atoms with Gasteiger partial charge in [0.25, 0.3) is 11.9 Å². The van der Waals surface area contributed by atoms with Crippen LogP contribution in [0.4, 0.5) is 27.6 Å². The summed E-state index contributed by atoms with van der Waals surface area (Å²) in [4.78, 5) is 3.45. The van der Waals surface area contributed by atoms with Crippen molar-refractivity contribution in [1.29, 1.82) is 0 Å². The largest absolute Gasteiger partial charge is 0.365 e. The van der Waals surface area contributed by atoms with E-state index in [-0.39, 0.29) is 6.54 Å². The van der Waals surface area contributed by atoms with Crippen LogP contribution in [0.3, 0.4) is 0 Å². The van der Waals surface area contributed by atoms with Crippen LogP contribution >= 0.6 is 0 Å². The van der Waals surface area contributed by atoms with Gasteiger partial charge in [-0.1, -0.05) is 12.1 Å². The number of nitrogens with zero attached hydrogens (tertiary/aromatic N) is 2. The predicted octanol–water partition coefficient (Wildman–Crippen LogP) is 3.41. The van der Waals surface area contributed by atoms with Crippen molar-refractivity contribution in [3.8, 4) is 0 Å². The monoisotopic (exact) mass is 288 g/mol. The first-order chi connectivity index (χ1) is 9.40. The highest BCUT2D eigenvalue weighted by Gasteiger charge is 2.23.